The van der Waals surface area contributed by atoms with Crippen molar-refractivity contribution in [3.8, 4) is 11.5 Å². The first-order valence-corrected chi connectivity index (χ1v) is 13.8. The summed E-state index contributed by atoms with van der Waals surface area (Å²) in [5.41, 5.74) is 5.79. The molecule has 5 N–H and O–H groups in total. The molecule has 0 radical (unpaired) electrons. The van der Waals surface area contributed by atoms with Gasteiger partial charge in [-0.15, -0.1) is 0 Å². The van der Waals surface area contributed by atoms with Crippen LogP contribution in [0.3, 0.4) is 0 Å². The number of fused-ring (bicyclic) bond motifs is 2. The van der Waals surface area contributed by atoms with Gasteiger partial charge in [0.2, 0.25) is 5.91 Å². The van der Waals surface area contributed by atoms with Crippen LogP contribution in [0.2, 0.25) is 0 Å². The minimum absolute atomic E-state index is 0.0799. The third kappa shape index (κ3) is 4.72. The highest BCUT2D eigenvalue weighted by Gasteiger charge is 2.53. The average Bonchev–Trinajstić information content (AvgIpc) is 3.20. The second-order valence-corrected chi connectivity index (χ2v) is 11.6. The van der Waals surface area contributed by atoms with Gasteiger partial charge in [0.05, 0.1) is 24.6 Å². The van der Waals surface area contributed by atoms with Gasteiger partial charge in [-0.2, -0.15) is 0 Å². The van der Waals surface area contributed by atoms with Crippen molar-refractivity contribution < 1.29 is 29.2 Å². The molecule has 3 aliphatic heterocycles. The van der Waals surface area contributed by atoms with E-state index in [9.17, 15) is 15.0 Å². The van der Waals surface area contributed by atoms with E-state index in [0.29, 0.717) is 35.5 Å². The number of rotatable bonds is 8. The van der Waals surface area contributed by atoms with Crippen molar-refractivity contribution in [2.45, 2.75) is 82.0 Å². The van der Waals surface area contributed by atoms with Gasteiger partial charge in [0.15, 0.2) is 11.6 Å². The van der Waals surface area contributed by atoms with Crippen LogP contribution in [0.4, 0.5) is 0 Å². The topological polar surface area (TPSA) is 139 Å². The van der Waals surface area contributed by atoms with Crippen LogP contribution in [0, 0.1) is 0 Å². The normalized spacial score (nSPS) is 29.6. The first-order chi connectivity index (χ1) is 19.0. The molecule has 0 spiro atoms. The summed E-state index contributed by atoms with van der Waals surface area (Å²) < 4.78 is 17.6. The van der Waals surface area contributed by atoms with Crippen molar-refractivity contribution in [1.82, 2.24) is 10.2 Å². The number of guanidine groups is 1. The van der Waals surface area contributed by atoms with Crippen LogP contribution >= 0.6 is 0 Å². The molecule has 3 aliphatic rings. The summed E-state index contributed by atoms with van der Waals surface area (Å²) >= 11 is 0. The second-order valence-electron chi connectivity index (χ2n) is 11.6. The Balaban J connectivity index is 1.51. The molecule has 3 heterocycles. The summed E-state index contributed by atoms with van der Waals surface area (Å²) in [4.78, 5) is 20.0. The number of nitrogens with zero attached hydrogens (tertiary/aromatic N) is 2. The van der Waals surface area contributed by atoms with E-state index in [-0.39, 0.29) is 31.5 Å². The number of aliphatic hydroxyl groups excluding tert-OH is 1. The highest BCUT2D eigenvalue weighted by atomic mass is 16.5. The number of benzene rings is 2. The number of hydrogen-bond donors (Lipinski definition) is 4. The van der Waals surface area contributed by atoms with Crippen LogP contribution in [0.5, 0.6) is 11.5 Å². The van der Waals surface area contributed by atoms with Gasteiger partial charge in [-0.25, -0.2) is 4.99 Å². The molecule has 0 aromatic heterocycles. The number of carbonyl (C=O) groups excluding carboxylic acids is 1. The Morgan fingerprint density at radius 3 is 2.58 bits per heavy atom. The standard InChI is InChI=1S/C30H40N4O6/c1-6-30(7-2)15-23(35)34(27(31)33-30)25-20-14-18(12-13-22(20)40-29(25,4)17-38-5)26(36)32-24-19-10-8-9-11-21(19)39-16-28(24,3)37/h8-14,24-26,32,36-37H,6-7,15-17H2,1-5H3,(H2,31,33)/t24-,25+,26?,28+,29-/m1/s1. The van der Waals surface area contributed by atoms with Crippen molar-refractivity contribution >= 4 is 11.9 Å². The molecule has 10 heteroatoms. The van der Waals surface area contributed by atoms with E-state index in [2.05, 4.69) is 5.32 Å². The Bertz CT molecular complexity index is 1310. The van der Waals surface area contributed by atoms with Gasteiger partial charge in [0.1, 0.15) is 36.0 Å². The molecule has 0 saturated carbocycles. The summed E-state index contributed by atoms with van der Waals surface area (Å²) in [5, 5.41) is 25.7. The molecule has 216 valence electrons. The maximum Gasteiger partial charge on any atom is 0.232 e. The molecule has 1 amide bonds. The summed E-state index contributed by atoms with van der Waals surface area (Å²) in [6.07, 6.45) is 0.520. The Morgan fingerprint density at radius 2 is 1.90 bits per heavy atom. The summed E-state index contributed by atoms with van der Waals surface area (Å²) in [6, 6.07) is 11.6. The van der Waals surface area contributed by atoms with Gasteiger partial charge < -0.3 is 30.2 Å². The van der Waals surface area contributed by atoms with Gasteiger partial charge >= 0.3 is 0 Å². The smallest absolute Gasteiger partial charge is 0.232 e. The van der Waals surface area contributed by atoms with Crippen molar-refractivity contribution in [3.63, 3.8) is 0 Å². The van der Waals surface area contributed by atoms with Crippen LogP contribution in [-0.4, -0.2) is 64.0 Å². The first kappa shape index (κ1) is 28.4. The lowest BCUT2D eigenvalue weighted by Gasteiger charge is -2.43. The molecule has 5 atom stereocenters. The Kier molecular flexibility index (Phi) is 7.33. The predicted octanol–water partition coefficient (Wildman–Crippen LogP) is 3.10. The Morgan fingerprint density at radius 1 is 1.18 bits per heavy atom. The number of carbonyl (C=O) groups is 1. The second kappa shape index (κ2) is 10.3. The molecule has 10 nitrogen and oxygen atoms in total. The first-order valence-electron chi connectivity index (χ1n) is 13.8. The zero-order chi connectivity index (χ0) is 28.9. The van der Waals surface area contributed by atoms with E-state index in [1.54, 1.807) is 26.2 Å². The highest BCUT2D eigenvalue weighted by Crippen LogP contribution is 2.49. The maximum absolute atomic E-state index is 13.7. The zero-order valence-electron chi connectivity index (χ0n) is 23.8. The number of aliphatic hydroxyl groups is 2. The fourth-order valence-corrected chi connectivity index (χ4v) is 6.27. The van der Waals surface area contributed by atoms with Gasteiger partial charge in [-0.1, -0.05) is 38.1 Å². The number of amides is 1. The highest BCUT2D eigenvalue weighted by molar-refractivity contribution is 6.00. The van der Waals surface area contributed by atoms with E-state index in [1.165, 1.54) is 4.90 Å². The molecular weight excluding hydrogens is 512 g/mol. The molecule has 1 unspecified atom stereocenters. The Labute approximate surface area is 235 Å². The molecular formula is C30H40N4O6. The lowest BCUT2D eigenvalue weighted by atomic mass is 9.85. The maximum atomic E-state index is 13.7. The predicted molar refractivity (Wildman–Crippen MR) is 150 cm³/mol. The third-order valence-corrected chi connectivity index (χ3v) is 8.61. The van der Waals surface area contributed by atoms with Gasteiger partial charge in [0, 0.05) is 18.2 Å². The van der Waals surface area contributed by atoms with E-state index in [1.807, 2.05) is 51.1 Å². The quantitative estimate of drug-likeness (QED) is 0.367. The van der Waals surface area contributed by atoms with E-state index >= 15 is 0 Å². The van der Waals surface area contributed by atoms with Crippen LogP contribution in [0.25, 0.3) is 0 Å². The van der Waals surface area contributed by atoms with E-state index in [4.69, 9.17) is 24.9 Å². The number of nitrogens with two attached hydrogens (primary N) is 1. The molecule has 0 fully saturated rings. The lowest BCUT2D eigenvalue weighted by Crippen LogP contribution is -2.58. The largest absolute Gasteiger partial charge is 0.490 e. The Hall–Kier alpha value is -3.18. The van der Waals surface area contributed by atoms with E-state index in [0.717, 1.165) is 5.56 Å². The van der Waals surface area contributed by atoms with Gasteiger partial charge in [-0.05, 0) is 50.5 Å². The van der Waals surface area contributed by atoms with Crippen LogP contribution in [-0.2, 0) is 9.53 Å². The third-order valence-electron chi connectivity index (χ3n) is 8.61. The van der Waals surface area contributed by atoms with Crippen molar-refractivity contribution in [2.75, 3.05) is 20.3 Å². The lowest BCUT2D eigenvalue weighted by molar-refractivity contribution is -0.135. The monoisotopic (exact) mass is 552 g/mol. The summed E-state index contributed by atoms with van der Waals surface area (Å²) in [7, 11) is 1.58. The average molecular weight is 553 g/mol. The number of aliphatic imine (C=N–C) groups is 1. The molecule has 2 aromatic carbocycles. The molecule has 2 aromatic rings. The van der Waals surface area contributed by atoms with Crippen LogP contribution in [0.15, 0.2) is 47.5 Å². The fraction of sp³-hybridized carbons (Fsp3) is 0.533. The van der Waals surface area contributed by atoms with Crippen LogP contribution in [0.1, 0.15) is 82.0 Å². The number of nitrogens with one attached hydrogen (secondary N) is 1. The molecule has 5 rings (SSSR count). The fourth-order valence-electron chi connectivity index (χ4n) is 6.27. The van der Waals surface area contributed by atoms with Gasteiger partial charge in [-0.3, -0.25) is 15.0 Å². The molecule has 0 saturated heterocycles. The van der Waals surface area contributed by atoms with Crippen molar-refractivity contribution in [3.05, 3.63) is 59.2 Å². The van der Waals surface area contributed by atoms with Crippen LogP contribution < -0.4 is 20.5 Å². The number of methoxy groups -OCH3 is 1. The van der Waals surface area contributed by atoms with E-state index < -0.39 is 35.1 Å². The van der Waals surface area contributed by atoms with Gasteiger partial charge in [0.25, 0.3) is 0 Å². The minimum Gasteiger partial charge on any atom is -0.490 e. The SMILES string of the molecule is CCC1(CC)CC(=O)N([C@H]2c3cc(C(O)N[C@@H]4c5ccccc5OC[C@]4(C)O)ccc3O[C@]2(C)COC)C(N)=N1. The molecule has 0 aliphatic carbocycles. The minimum atomic E-state index is -1.26. The number of hydrogen-bond acceptors (Lipinski definition) is 9. The summed E-state index contributed by atoms with van der Waals surface area (Å²) in [5.74, 6) is 1.26. The molecule has 0 bridgehead atoms. The number of ether oxygens (including phenoxy) is 3. The molecule has 40 heavy (non-hydrogen) atoms. The number of para-hydroxylation sites is 1. The summed E-state index contributed by atoms with van der Waals surface area (Å²) in [6.45, 7) is 7.87. The zero-order valence-corrected chi connectivity index (χ0v) is 23.8. The van der Waals surface area contributed by atoms with Crippen molar-refractivity contribution in [1.29, 1.82) is 0 Å². The van der Waals surface area contributed by atoms with Crippen molar-refractivity contribution in [2.24, 2.45) is 10.7 Å².